The molecule has 0 aromatic heterocycles. The maximum absolute atomic E-state index is 11.4. The molecule has 0 aliphatic rings. The average Bonchev–Trinajstić information content (AvgIpc) is 2.15. The topological polar surface area (TPSA) is 46.2 Å². The lowest BCUT2D eigenvalue weighted by Gasteiger charge is -2.23. The molecule has 0 aliphatic carbocycles. The number of rotatable bonds is 4. The molecule has 1 N–H and O–H groups in total. The van der Waals surface area contributed by atoms with Crippen molar-refractivity contribution < 1.29 is 8.42 Å². The Labute approximate surface area is 91.4 Å². The molecule has 1 aromatic carbocycles. The van der Waals surface area contributed by atoms with Gasteiger partial charge in [-0.05, 0) is 26.0 Å². The summed E-state index contributed by atoms with van der Waals surface area (Å²) in [5.74, 6) is 0. The van der Waals surface area contributed by atoms with Gasteiger partial charge in [0.15, 0.2) is 9.84 Å². The zero-order valence-electron chi connectivity index (χ0n) is 9.32. The first-order valence-electron chi connectivity index (χ1n) is 4.81. The van der Waals surface area contributed by atoms with Gasteiger partial charge in [0.1, 0.15) is 0 Å². The number of hydrogen-bond acceptors (Lipinski definition) is 3. The third kappa shape index (κ3) is 3.23. The highest BCUT2D eigenvalue weighted by atomic mass is 32.2. The van der Waals surface area contributed by atoms with Gasteiger partial charge < -0.3 is 5.32 Å². The SMILES string of the molecule is CC(C)(CNc1ccccc1)S(C)(=O)=O. The van der Waals surface area contributed by atoms with Gasteiger partial charge in [-0.1, -0.05) is 18.2 Å². The van der Waals surface area contributed by atoms with Gasteiger partial charge in [-0.3, -0.25) is 0 Å². The number of hydrogen-bond donors (Lipinski definition) is 1. The van der Waals surface area contributed by atoms with E-state index >= 15 is 0 Å². The minimum absolute atomic E-state index is 0.413. The van der Waals surface area contributed by atoms with Crippen LogP contribution >= 0.6 is 0 Å². The van der Waals surface area contributed by atoms with Crippen molar-refractivity contribution in [2.45, 2.75) is 18.6 Å². The lowest BCUT2D eigenvalue weighted by Crippen LogP contribution is -2.38. The predicted molar refractivity (Wildman–Crippen MR) is 63.9 cm³/mol. The first-order valence-corrected chi connectivity index (χ1v) is 6.70. The highest BCUT2D eigenvalue weighted by Crippen LogP contribution is 2.16. The Hall–Kier alpha value is -1.03. The van der Waals surface area contributed by atoms with Crippen molar-refractivity contribution in [1.82, 2.24) is 0 Å². The molecule has 0 atom stereocenters. The van der Waals surface area contributed by atoms with Gasteiger partial charge in [0.2, 0.25) is 0 Å². The third-order valence-electron chi connectivity index (χ3n) is 2.50. The van der Waals surface area contributed by atoms with Crippen molar-refractivity contribution >= 4 is 15.5 Å². The summed E-state index contributed by atoms with van der Waals surface area (Å²) in [5, 5.41) is 3.11. The van der Waals surface area contributed by atoms with E-state index < -0.39 is 14.6 Å². The molecule has 0 saturated heterocycles. The molecule has 0 aliphatic heterocycles. The van der Waals surface area contributed by atoms with Crippen molar-refractivity contribution in [2.75, 3.05) is 18.1 Å². The molecule has 15 heavy (non-hydrogen) atoms. The van der Waals surface area contributed by atoms with Crippen LogP contribution < -0.4 is 5.32 Å². The summed E-state index contributed by atoms with van der Waals surface area (Å²) in [7, 11) is -3.04. The van der Waals surface area contributed by atoms with E-state index in [9.17, 15) is 8.42 Å². The number of sulfone groups is 1. The van der Waals surface area contributed by atoms with Crippen LogP contribution in [0.2, 0.25) is 0 Å². The van der Waals surface area contributed by atoms with Crippen molar-refractivity contribution in [3.8, 4) is 0 Å². The Morgan fingerprint density at radius 1 is 1.20 bits per heavy atom. The van der Waals surface area contributed by atoms with Crippen LogP contribution in [0.25, 0.3) is 0 Å². The molecular formula is C11H17NO2S. The summed E-state index contributed by atoms with van der Waals surface area (Å²) in [4.78, 5) is 0. The quantitative estimate of drug-likeness (QED) is 0.854. The molecular weight excluding hydrogens is 210 g/mol. The van der Waals surface area contributed by atoms with Crippen LogP contribution in [0.3, 0.4) is 0 Å². The van der Waals surface area contributed by atoms with Gasteiger partial charge in [-0.15, -0.1) is 0 Å². The lowest BCUT2D eigenvalue weighted by molar-refractivity contribution is 0.560. The molecule has 0 saturated carbocycles. The van der Waals surface area contributed by atoms with E-state index in [1.807, 2.05) is 30.3 Å². The molecule has 0 bridgehead atoms. The molecule has 0 heterocycles. The summed E-state index contributed by atoms with van der Waals surface area (Å²) in [6.45, 7) is 3.85. The molecule has 1 aromatic rings. The van der Waals surface area contributed by atoms with Gasteiger partial charge >= 0.3 is 0 Å². The normalized spacial score (nSPS) is 12.5. The van der Waals surface area contributed by atoms with Crippen LogP contribution in [0.15, 0.2) is 30.3 Å². The zero-order chi connectivity index (χ0) is 11.5. The Bertz CT molecular complexity index is 409. The standard InChI is InChI=1S/C11H17NO2S/c1-11(2,15(3,13)14)9-12-10-7-5-4-6-8-10/h4-8,12H,9H2,1-3H3. The fourth-order valence-corrected chi connectivity index (χ4v) is 1.34. The molecule has 0 amide bonds. The molecule has 1 rings (SSSR count). The van der Waals surface area contributed by atoms with Gasteiger partial charge in [0, 0.05) is 18.5 Å². The molecule has 3 nitrogen and oxygen atoms in total. The number of para-hydroxylation sites is 1. The lowest BCUT2D eigenvalue weighted by atomic mass is 10.2. The molecule has 0 spiro atoms. The second kappa shape index (κ2) is 4.23. The fraction of sp³-hybridized carbons (Fsp3) is 0.455. The van der Waals surface area contributed by atoms with Gasteiger partial charge in [-0.25, -0.2) is 8.42 Å². The molecule has 0 radical (unpaired) electrons. The van der Waals surface area contributed by atoms with E-state index in [2.05, 4.69) is 5.32 Å². The van der Waals surface area contributed by atoms with Crippen molar-refractivity contribution in [3.63, 3.8) is 0 Å². The van der Waals surface area contributed by atoms with Crippen LogP contribution in [-0.4, -0.2) is 26.0 Å². The van der Waals surface area contributed by atoms with Crippen LogP contribution in [0.5, 0.6) is 0 Å². The number of nitrogens with one attached hydrogen (secondary N) is 1. The minimum Gasteiger partial charge on any atom is -0.383 e. The van der Waals surface area contributed by atoms with E-state index in [-0.39, 0.29) is 0 Å². The smallest absolute Gasteiger partial charge is 0.154 e. The Balaban J connectivity index is 2.66. The molecule has 84 valence electrons. The number of benzene rings is 1. The second-order valence-electron chi connectivity index (χ2n) is 4.25. The largest absolute Gasteiger partial charge is 0.383 e. The van der Waals surface area contributed by atoms with E-state index in [1.165, 1.54) is 6.26 Å². The van der Waals surface area contributed by atoms with Crippen molar-refractivity contribution in [3.05, 3.63) is 30.3 Å². The summed E-state index contributed by atoms with van der Waals surface area (Å²) in [6.07, 6.45) is 1.26. The van der Waals surface area contributed by atoms with Crippen LogP contribution in [0.1, 0.15) is 13.8 Å². The predicted octanol–water partition coefficient (Wildman–Crippen LogP) is 1.92. The summed E-state index contributed by atoms with van der Waals surface area (Å²) >= 11 is 0. The average molecular weight is 227 g/mol. The second-order valence-corrected chi connectivity index (χ2v) is 6.90. The van der Waals surface area contributed by atoms with Gasteiger partial charge in [-0.2, -0.15) is 0 Å². The monoisotopic (exact) mass is 227 g/mol. The van der Waals surface area contributed by atoms with Crippen LogP contribution in [0.4, 0.5) is 5.69 Å². The fourth-order valence-electron chi connectivity index (χ4n) is 1.00. The maximum Gasteiger partial charge on any atom is 0.154 e. The molecule has 4 heteroatoms. The molecule has 0 unspecified atom stereocenters. The number of anilines is 1. The van der Waals surface area contributed by atoms with Gasteiger partial charge in [0.25, 0.3) is 0 Å². The molecule has 0 fully saturated rings. The first kappa shape index (κ1) is 12.0. The summed E-state index contributed by atoms with van der Waals surface area (Å²) in [5.41, 5.74) is 0.939. The Morgan fingerprint density at radius 3 is 2.20 bits per heavy atom. The highest BCUT2D eigenvalue weighted by Gasteiger charge is 2.29. The first-order chi connectivity index (χ1) is 6.83. The van der Waals surface area contributed by atoms with E-state index in [1.54, 1.807) is 13.8 Å². The van der Waals surface area contributed by atoms with Crippen LogP contribution in [-0.2, 0) is 9.84 Å². The van der Waals surface area contributed by atoms with Gasteiger partial charge in [0.05, 0.1) is 4.75 Å². The van der Waals surface area contributed by atoms with Crippen LogP contribution in [0, 0.1) is 0 Å². The van der Waals surface area contributed by atoms with Crippen molar-refractivity contribution in [1.29, 1.82) is 0 Å². The minimum atomic E-state index is -3.04. The maximum atomic E-state index is 11.4. The van der Waals surface area contributed by atoms with E-state index in [0.29, 0.717) is 6.54 Å². The van der Waals surface area contributed by atoms with E-state index in [0.717, 1.165) is 5.69 Å². The van der Waals surface area contributed by atoms with Crippen molar-refractivity contribution in [2.24, 2.45) is 0 Å². The summed E-state index contributed by atoms with van der Waals surface area (Å²) in [6, 6.07) is 9.58. The summed E-state index contributed by atoms with van der Waals surface area (Å²) < 4.78 is 22.1. The van der Waals surface area contributed by atoms with E-state index in [4.69, 9.17) is 0 Å². The highest BCUT2D eigenvalue weighted by molar-refractivity contribution is 7.92. The zero-order valence-corrected chi connectivity index (χ0v) is 10.1. The Kier molecular flexibility index (Phi) is 3.39. The third-order valence-corrected chi connectivity index (χ3v) is 4.65. The Morgan fingerprint density at radius 2 is 1.73 bits per heavy atom.